The Balaban J connectivity index is 1.74. The van der Waals surface area contributed by atoms with Crippen LogP contribution in [0.4, 0.5) is 0 Å². The standard InChI is InChI=1S/C27H46O3/c1-19(2)8-6-9-20(3)23-12-13-24-25(23,5)14-7-15-26(24,29)16-17-27(30)18-22(28)11-10-21(27)4/h16-17,19-20,22-24,28-30H,4,6-15,18H2,1-3,5H3/b17-16+/t20-,22+,23-,24-,25-,26-,27+/m1/s1. The molecule has 3 N–H and O–H groups in total. The van der Waals surface area contributed by atoms with Crippen molar-refractivity contribution in [3.8, 4) is 0 Å². The molecule has 0 aromatic rings. The van der Waals surface area contributed by atoms with Crippen molar-refractivity contribution in [2.45, 2.75) is 116 Å². The molecule has 0 saturated heterocycles. The van der Waals surface area contributed by atoms with E-state index >= 15 is 0 Å². The molecule has 172 valence electrons. The second-order valence-electron chi connectivity index (χ2n) is 11.6. The Morgan fingerprint density at radius 3 is 2.50 bits per heavy atom. The smallest absolute Gasteiger partial charge is 0.106 e. The summed E-state index contributed by atoms with van der Waals surface area (Å²) in [5.74, 6) is 2.39. The second-order valence-corrected chi connectivity index (χ2v) is 11.6. The summed E-state index contributed by atoms with van der Waals surface area (Å²) in [6.07, 6.45) is 13.9. The summed E-state index contributed by atoms with van der Waals surface area (Å²) in [4.78, 5) is 0. The molecule has 0 aromatic heterocycles. The molecule has 0 amide bonds. The van der Waals surface area contributed by atoms with Crippen molar-refractivity contribution in [2.75, 3.05) is 0 Å². The summed E-state index contributed by atoms with van der Waals surface area (Å²) in [7, 11) is 0. The summed E-state index contributed by atoms with van der Waals surface area (Å²) in [5.41, 5.74) is -1.13. The predicted octanol–water partition coefficient (Wildman–Crippen LogP) is 5.78. The first-order chi connectivity index (χ1) is 14.0. The zero-order chi connectivity index (χ0) is 22.2. The first-order valence-corrected chi connectivity index (χ1v) is 12.5. The maximum Gasteiger partial charge on any atom is 0.106 e. The van der Waals surface area contributed by atoms with Crippen molar-refractivity contribution in [1.82, 2.24) is 0 Å². The van der Waals surface area contributed by atoms with Gasteiger partial charge >= 0.3 is 0 Å². The van der Waals surface area contributed by atoms with E-state index in [-0.39, 0.29) is 17.8 Å². The van der Waals surface area contributed by atoms with Crippen molar-refractivity contribution in [1.29, 1.82) is 0 Å². The van der Waals surface area contributed by atoms with Crippen LogP contribution in [0.3, 0.4) is 0 Å². The Hall–Kier alpha value is -0.640. The minimum atomic E-state index is -1.19. The van der Waals surface area contributed by atoms with Gasteiger partial charge in [-0.1, -0.05) is 65.7 Å². The molecule has 0 heterocycles. The SMILES string of the molecule is C=C1CC[C@H](O)C[C@@]1(O)/C=C/[C@]1(O)CCC[C@]2(C)[C@@H]([C@H](C)CCCC(C)C)CC[C@H]21. The molecule has 3 fully saturated rings. The normalized spacial score (nSPS) is 43.3. The third-order valence-electron chi connectivity index (χ3n) is 9.02. The Bertz CT molecular complexity index is 640. The minimum absolute atomic E-state index is 0.167. The van der Waals surface area contributed by atoms with E-state index in [1.54, 1.807) is 6.08 Å². The maximum absolute atomic E-state index is 11.8. The number of hydrogen-bond donors (Lipinski definition) is 3. The van der Waals surface area contributed by atoms with Crippen molar-refractivity contribution in [2.24, 2.45) is 29.1 Å². The van der Waals surface area contributed by atoms with Gasteiger partial charge in [0.15, 0.2) is 0 Å². The van der Waals surface area contributed by atoms with E-state index in [0.717, 1.165) is 30.8 Å². The number of rotatable bonds is 7. The lowest BCUT2D eigenvalue weighted by Crippen LogP contribution is -2.49. The lowest BCUT2D eigenvalue weighted by Gasteiger charge is -2.50. The molecule has 3 aliphatic carbocycles. The van der Waals surface area contributed by atoms with Crippen LogP contribution in [-0.4, -0.2) is 32.6 Å². The largest absolute Gasteiger partial charge is 0.393 e. The van der Waals surface area contributed by atoms with Gasteiger partial charge in [-0.15, -0.1) is 0 Å². The van der Waals surface area contributed by atoms with E-state index in [0.29, 0.717) is 24.7 Å². The van der Waals surface area contributed by atoms with E-state index in [1.807, 2.05) is 6.08 Å². The number of hydrogen-bond acceptors (Lipinski definition) is 3. The van der Waals surface area contributed by atoms with Gasteiger partial charge in [-0.3, -0.25) is 0 Å². The molecule has 0 spiro atoms. The van der Waals surface area contributed by atoms with Crippen LogP contribution >= 0.6 is 0 Å². The fourth-order valence-corrected chi connectivity index (χ4v) is 7.19. The summed E-state index contributed by atoms with van der Waals surface area (Å²) in [5, 5.41) is 32.9. The summed E-state index contributed by atoms with van der Waals surface area (Å²) < 4.78 is 0. The molecule has 3 heteroatoms. The third-order valence-corrected chi connectivity index (χ3v) is 9.02. The van der Waals surface area contributed by atoms with Crippen LogP contribution in [0.2, 0.25) is 0 Å². The molecule has 0 aliphatic heterocycles. The Morgan fingerprint density at radius 1 is 1.07 bits per heavy atom. The first kappa shape index (κ1) is 24.0. The molecule has 30 heavy (non-hydrogen) atoms. The van der Waals surface area contributed by atoms with E-state index < -0.39 is 17.3 Å². The van der Waals surface area contributed by atoms with E-state index in [4.69, 9.17) is 0 Å². The van der Waals surface area contributed by atoms with Crippen LogP contribution in [0.15, 0.2) is 24.3 Å². The first-order valence-electron chi connectivity index (χ1n) is 12.5. The fraction of sp³-hybridized carbons (Fsp3) is 0.852. The minimum Gasteiger partial charge on any atom is -0.393 e. The van der Waals surface area contributed by atoms with Crippen LogP contribution in [0.25, 0.3) is 0 Å². The van der Waals surface area contributed by atoms with Crippen molar-refractivity contribution in [3.63, 3.8) is 0 Å². The van der Waals surface area contributed by atoms with E-state index in [2.05, 4.69) is 34.3 Å². The van der Waals surface area contributed by atoms with Gasteiger partial charge in [-0.25, -0.2) is 0 Å². The van der Waals surface area contributed by atoms with Crippen LogP contribution in [0.5, 0.6) is 0 Å². The molecule has 3 rings (SSSR count). The molecule has 3 nitrogen and oxygen atoms in total. The van der Waals surface area contributed by atoms with Gasteiger partial charge in [-0.05, 0) is 79.6 Å². The summed E-state index contributed by atoms with van der Waals surface area (Å²) in [6.45, 7) is 13.5. The van der Waals surface area contributed by atoms with Crippen LogP contribution < -0.4 is 0 Å². The quantitative estimate of drug-likeness (QED) is 0.459. The highest BCUT2D eigenvalue weighted by molar-refractivity contribution is 5.28. The van der Waals surface area contributed by atoms with Crippen LogP contribution in [0.1, 0.15) is 98.3 Å². The maximum atomic E-state index is 11.8. The topological polar surface area (TPSA) is 60.7 Å². The Morgan fingerprint density at radius 2 is 1.80 bits per heavy atom. The van der Waals surface area contributed by atoms with Crippen molar-refractivity contribution >= 4 is 0 Å². The Kier molecular flexibility index (Phi) is 7.27. The molecule has 0 bridgehead atoms. The molecular formula is C27H46O3. The average molecular weight is 419 g/mol. The highest BCUT2D eigenvalue weighted by Gasteiger charge is 2.57. The van der Waals surface area contributed by atoms with Gasteiger partial charge in [0.2, 0.25) is 0 Å². The fourth-order valence-electron chi connectivity index (χ4n) is 7.19. The second kappa shape index (κ2) is 9.08. The van der Waals surface area contributed by atoms with E-state index in [1.165, 1.54) is 32.1 Å². The van der Waals surface area contributed by atoms with Gasteiger partial charge in [0.1, 0.15) is 5.60 Å². The molecule has 0 unspecified atom stereocenters. The van der Waals surface area contributed by atoms with Crippen molar-refractivity contribution < 1.29 is 15.3 Å². The Labute approximate surface area is 184 Å². The number of aliphatic hydroxyl groups excluding tert-OH is 1. The molecule has 3 aliphatic rings. The summed E-state index contributed by atoms with van der Waals surface area (Å²) >= 11 is 0. The molecule has 0 radical (unpaired) electrons. The number of aliphatic hydroxyl groups is 3. The van der Waals surface area contributed by atoms with Crippen molar-refractivity contribution in [3.05, 3.63) is 24.3 Å². The monoisotopic (exact) mass is 418 g/mol. The average Bonchev–Trinajstić information content (AvgIpc) is 3.02. The van der Waals surface area contributed by atoms with Gasteiger partial charge in [0, 0.05) is 6.42 Å². The predicted molar refractivity (Wildman–Crippen MR) is 124 cm³/mol. The highest BCUT2D eigenvalue weighted by atomic mass is 16.3. The van der Waals surface area contributed by atoms with E-state index in [9.17, 15) is 15.3 Å². The van der Waals surface area contributed by atoms with Crippen LogP contribution in [-0.2, 0) is 0 Å². The highest BCUT2D eigenvalue weighted by Crippen LogP contribution is 2.61. The van der Waals surface area contributed by atoms with Gasteiger partial charge < -0.3 is 15.3 Å². The third kappa shape index (κ3) is 4.74. The van der Waals surface area contributed by atoms with Gasteiger partial charge in [0.05, 0.1) is 11.7 Å². The van der Waals surface area contributed by atoms with Gasteiger partial charge in [-0.2, -0.15) is 0 Å². The molecule has 7 atom stereocenters. The molecular weight excluding hydrogens is 372 g/mol. The zero-order valence-electron chi connectivity index (χ0n) is 19.9. The van der Waals surface area contributed by atoms with Gasteiger partial charge in [0.25, 0.3) is 0 Å². The summed E-state index contributed by atoms with van der Waals surface area (Å²) in [6, 6.07) is 0. The molecule has 0 aromatic carbocycles. The molecule has 3 saturated carbocycles. The van der Waals surface area contributed by atoms with Crippen LogP contribution in [0, 0.1) is 29.1 Å². The zero-order valence-corrected chi connectivity index (χ0v) is 19.9. The lowest BCUT2D eigenvalue weighted by atomic mass is 9.57. The number of fused-ring (bicyclic) bond motifs is 1. The lowest BCUT2D eigenvalue weighted by molar-refractivity contribution is -0.0791.